The highest BCUT2D eigenvalue weighted by Crippen LogP contribution is 2.48. The molecule has 1 aliphatic rings. The first-order valence-corrected chi connectivity index (χ1v) is 9.10. The second-order valence-corrected chi connectivity index (χ2v) is 8.68. The second kappa shape index (κ2) is 8.33. The summed E-state index contributed by atoms with van der Waals surface area (Å²) in [5.74, 6) is 0.158. The van der Waals surface area contributed by atoms with Crippen LogP contribution in [0.2, 0.25) is 0 Å². The minimum Gasteiger partial charge on any atom is -0.300 e. The topological polar surface area (TPSA) is 46.5 Å². The van der Waals surface area contributed by atoms with Crippen molar-refractivity contribution < 1.29 is 14.9 Å². The van der Waals surface area contributed by atoms with Crippen LogP contribution in [0.4, 0.5) is 0 Å². The highest BCUT2D eigenvalue weighted by atomic mass is 17.1. The fourth-order valence-corrected chi connectivity index (χ4v) is 4.24. The highest BCUT2D eigenvalue weighted by Gasteiger charge is 2.49. The van der Waals surface area contributed by atoms with Crippen LogP contribution in [0.25, 0.3) is 0 Å². The van der Waals surface area contributed by atoms with E-state index in [9.17, 15) is 4.79 Å². The molecule has 3 nitrogen and oxygen atoms in total. The minimum absolute atomic E-state index is 0.199. The summed E-state index contributed by atoms with van der Waals surface area (Å²) in [7, 11) is 0. The van der Waals surface area contributed by atoms with Crippen molar-refractivity contribution in [2.45, 2.75) is 92.4 Å². The van der Waals surface area contributed by atoms with Crippen LogP contribution >= 0.6 is 0 Å². The summed E-state index contributed by atoms with van der Waals surface area (Å²) in [5.41, 5.74) is -0.171. The van der Waals surface area contributed by atoms with Gasteiger partial charge < -0.3 is 4.89 Å². The first-order valence-electron chi connectivity index (χ1n) is 9.10. The number of hydrogen-bond donors (Lipinski definition) is 1. The molecule has 0 amide bonds. The van der Waals surface area contributed by atoms with Gasteiger partial charge in [-0.25, -0.2) is 4.79 Å². The Hall–Kier alpha value is -0.570. The Morgan fingerprint density at radius 2 is 1.64 bits per heavy atom. The first kappa shape index (κ1) is 19.5. The third-order valence-electron chi connectivity index (χ3n) is 5.59. The van der Waals surface area contributed by atoms with E-state index >= 15 is 0 Å². The van der Waals surface area contributed by atoms with Gasteiger partial charge in [0, 0.05) is 0 Å². The van der Waals surface area contributed by atoms with Crippen LogP contribution in [-0.2, 0) is 9.68 Å². The van der Waals surface area contributed by atoms with E-state index in [1.54, 1.807) is 0 Å². The lowest BCUT2D eigenvalue weighted by molar-refractivity contribution is -0.252. The van der Waals surface area contributed by atoms with Gasteiger partial charge in [-0.15, -0.1) is 0 Å². The predicted octanol–water partition coefficient (Wildman–Crippen LogP) is 5.83. The monoisotopic (exact) mass is 312 g/mol. The molecule has 1 fully saturated rings. The van der Waals surface area contributed by atoms with Crippen molar-refractivity contribution in [3.8, 4) is 0 Å². The average Bonchev–Trinajstić information content (AvgIpc) is 2.46. The highest BCUT2D eigenvalue weighted by molar-refractivity contribution is 5.77. The van der Waals surface area contributed by atoms with Crippen LogP contribution in [0, 0.1) is 22.7 Å². The van der Waals surface area contributed by atoms with Crippen molar-refractivity contribution in [3.05, 3.63) is 0 Å². The molecule has 1 saturated carbocycles. The van der Waals surface area contributed by atoms with Crippen molar-refractivity contribution in [3.63, 3.8) is 0 Å². The molecule has 0 saturated heterocycles. The van der Waals surface area contributed by atoms with Crippen molar-refractivity contribution in [2.24, 2.45) is 22.7 Å². The fraction of sp³-hybridized carbons (Fsp3) is 0.947. The summed E-state index contributed by atoms with van der Waals surface area (Å²) >= 11 is 0. The van der Waals surface area contributed by atoms with E-state index in [0.29, 0.717) is 11.3 Å². The minimum atomic E-state index is -0.507. The summed E-state index contributed by atoms with van der Waals surface area (Å²) < 4.78 is 0. The van der Waals surface area contributed by atoms with Gasteiger partial charge in [-0.2, -0.15) is 5.26 Å². The zero-order chi connectivity index (χ0) is 16.8. The van der Waals surface area contributed by atoms with Gasteiger partial charge >= 0.3 is 5.97 Å². The third-order valence-corrected chi connectivity index (χ3v) is 5.59. The van der Waals surface area contributed by atoms with Gasteiger partial charge in [0.1, 0.15) is 0 Å². The van der Waals surface area contributed by atoms with Gasteiger partial charge in [0.25, 0.3) is 0 Å². The molecule has 0 aromatic carbocycles. The molecule has 1 aliphatic carbocycles. The Kier molecular flexibility index (Phi) is 7.37. The lowest BCUT2D eigenvalue weighted by Gasteiger charge is -2.43. The fourth-order valence-electron chi connectivity index (χ4n) is 4.24. The zero-order valence-electron chi connectivity index (χ0n) is 15.3. The van der Waals surface area contributed by atoms with Crippen LogP contribution in [-0.4, -0.2) is 11.2 Å². The molecule has 0 heterocycles. The Morgan fingerprint density at radius 3 is 2.09 bits per heavy atom. The quantitative estimate of drug-likeness (QED) is 0.365. The molecule has 1 N–H and O–H groups in total. The van der Waals surface area contributed by atoms with Gasteiger partial charge in [0.05, 0.1) is 5.41 Å². The standard InChI is InChI=1S/C19H36O3/c1-15(2)19(17(20)22-21,16-11-7-6-8-12-16)14-10-9-13-18(3,4)5/h15-16,21H,6-14H2,1-5H3. The molecule has 0 spiro atoms. The largest absolute Gasteiger partial charge is 0.348 e. The molecule has 0 aromatic heterocycles. The molecule has 1 rings (SSSR count). The smallest absolute Gasteiger partial charge is 0.300 e. The molecule has 130 valence electrons. The SMILES string of the molecule is CC(C)C(CCCCC(C)(C)C)(C(=O)OO)C1CCCCC1. The van der Waals surface area contributed by atoms with E-state index in [2.05, 4.69) is 39.5 Å². The normalized spacial score (nSPS) is 20.0. The Labute approximate surface area is 136 Å². The summed E-state index contributed by atoms with van der Waals surface area (Å²) in [6.45, 7) is 11.0. The summed E-state index contributed by atoms with van der Waals surface area (Å²) in [6.07, 6.45) is 10.00. The molecule has 0 aromatic rings. The van der Waals surface area contributed by atoms with E-state index in [-0.39, 0.29) is 5.92 Å². The molecular formula is C19H36O3. The van der Waals surface area contributed by atoms with E-state index in [4.69, 9.17) is 5.26 Å². The summed E-state index contributed by atoms with van der Waals surface area (Å²) in [5, 5.41) is 9.09. The molecule has 1 unspecified atom stereocenters. The number of carbonyl (C=O) groups is 1. The molecule has 3 heteroatoms. The molecular weight excluding hydrogens is 276 g/mol. The predicted molar refractivity (Wildman–Crippen MR) is 90.5 cm³/mol. The van der Waals surface area contributed by atoms with E-state index in [1.807, 2.05) is 0 Å². The van der Waals surface area contributed by atoms with Crippen LogP contribution in [0.5, 0.6) is 0 Å². The molecule has 22 heavy (non-hydrogen) atoms. The van der Waals surface area contributed by atoms with Crippen LogP contribution < -0.4 is 0 Å². The Bertz CT molecular complexity index is 337. The van der Waals surface area contributed by atoms with Gasteiger partial charge in [-0.05, 0) is 42.9 Å². The third kappa shape index (κ3) is 4.97. The second-order valence-electron chi connectivity index (χ2n) is 8.68. The lowest BCUT2D eigenvalue weighted by atomic mass is 9.60. The maximum absolute atomic E-state index is 12.5. The maximum atomic E-state index is 12.5. The van der Waals surface area contributed by atoms with Crippen LogP contribution in [0.1, 0.15) is 92.4 Å². The van der Waals surface area contributed by atoms with E-state index < -0.39 is 11.4 Å². The molecule has 0 bridgehead atoms. The lowest BCUT2D eigenvalue weighted by Crippen LogP contribution is -2.45. The van der Waals surface area contributed by atoms with Crippen molar-refractivity contribution in [1.29, 1.82) is 0 Å². The number of carbonyl (C=O) groups excluding carboxylic acids is 1. The summed E-state index contributed by atoms with van der Waals surface area (Å²) in [4.78, 5) is 16.8. The number of rotatable bonds is 7. The molecule has 0 radical (unpaired) electrons. The van der Waals surface area contributed by atoms with Crippen LogP contribution in [0.15, 0.2) is 0 Å². The Morgan fingerprint density at radius 1 is 1.09 bits per heavy atom. The molecule has 1 atom stereocenters. The van der Waals surface area contributed by atoms with Gasteiger partial charge in [-0.3, -0.25) is 0 Å². The maximum Gasteiger partial charge on any atom is 0.348 e. The van der Waals surface area contributed by atoms with Crippen LogP contribution in [0.3, 0.4) is 0 Å². The zero-order valence-corrected chi connectivity index (χ0v) is 15.3. The summed E-state index contributed by atoms with van der Waals surface area (Å²) in [6, 6.07) is 0. The van der Waals surface area contributed by atoms with E-state index in [0.717, 1.165) is 32.1 Å². The van der Waals surface area contributed by atoms with Gasteiger partial charge in [-0.1, -0.05) is 66.7 Å². The molecule has 0 aliphatic heterocycles. The Balaban J connectivity index is 2.82. The first-order chi connectivity index (χ1) is 10.2. The van der Waals surface area contributed by atoms with Crippen molar-refractivity contribution in [2.75, 3.05) is 0 Å². The van der Waals surface area contributed by atoms with Gasteiger partial charge in [0.15, 0.2) is 0 Å². The van der Waals surface area contributed by atoms with Crippen molar-refractivity contribution in [1.82, 2.24) is 0 Å². The van der Waals surface area contributed by atoms with Crippen molar-refractivity contribution >= 4 is 5.97 Å². The van der Waals surface area contributed by atoms with E-state index in [1.165, 1.54) is 25.7 Å². The van der Waals surface area contributed by atoms with Gasteiger partial charge in [0.2, 0.25) is 0 Å². The number of unbranched alkanes of at least 4 members (excludes halogenated alkanes) is 1. The average molecular weight is 312 g/mol. The number of hydrogen-bond acceptors (Lipinski definition) is 3.